The van der Waals surface area contributed by atoms with Crippen LogP contribution < -0.4 is 5.32 Å². The van der Waals surface area contributed by atoms with Crippen molar-refractivity contribution in [1.82, 2.24) is 10.2 Å². The molecule has 4 heteroatoms. The molecule has 172 valence electrons. The molecule has 1 atom stereocenters. The summed E-state index contributed by atoms with van der Waals surface area (Å²) in [4.78, 5) is 28.0. The van der Waals surface area contributed by atoms with E-state index < -0.39 is 5.41 Å². The molecule has 4 nitrogen and oxygen atoms in total. The summed E-state index contributed by atoms with van der Waals surface area (Å²) in [6.07, 6.45) is 14.9. The number of hydrogen-bond donors (Lipinski definition) is 1. The lowest BCUT2D eigenvalue weighted by Crippen LogP contribution is -2.45. The number of carbonyl (C=O) groups is 2. The average Bonchev–Trinajstić information content (AvgIpc) is 2.71. The molecule has 0 saturated carbocycles. The molecular weight excluding hydrogens is 360 g/mol. The number of carbonyl (C=O) groups excluding carboxylic acids is 2. The van der Waals surface area contributed by atoms with E-state index in [1.54, 1.807) is 0 Å². The second-order valence-corrected chi connectivity index (χ2v) is 8.92. The van der Waals surface area contributed by atoms with Crippen molar-refractivity contribution in [1.29, 1.82) is 0 Å². The molecule has 29 heavy (non-hydrogen) atoms. The number of hydrogen-bond acceptors (Lipinski definition) is 2. The van der Waals surface area contributed by atoms with E-state index in [0.29, 0.717) is 12.8 Å². The highest BCUT2D eigenvalue weighted by molar-refractivity contribution is 5.88. The van der Waals surface area contributed by atoms with Crippen LogP contribution in [0.4, 0.5) is 0 Å². The standard InChI is InChI=1S/C25H50N2O2/c1-6-10-13-16-19-26-23(28)22-25(5,9-4)24(29)27(20-17-14-11-7-2)21-18-15-12-8-3/h6-22H2,1-5H3,(H,26,28). The summed E-state index contributed by atoms with van der Waals surface area (Å²) in [7, 11) is 0. The van der Waals surface area contributed by atoms with Gasteiger partial charge in [-0.15, -0.1) is 0 Å². The Hall–Kier alpha value is -1.06. The highest BCUT2D eigenvalue weighted by atomic mass is 16.2. The Bertz CT molecular complexity index is 413. The van der Waals surface area contributed by atoms with Crippen molar-refractivity contribution in [2.75, 3.05) is 19.6 Å². The van der Waals surface area contributed by atoms with E-state index in [0.717, 1.165) is 45.3 Å². The van der Waals surface area contributed by atoms with Crippen molar-refractivity contribution in [2.24, 2.45) is 5.41 Å². The first kappa shape index (κ1) is 27.9. The molecule has 1 N–H and O–H groups in total. The smallest absolute Gasteiger partial charge is 0.229 e. The van der Waals surface area contributed by atoms with Gasteiger partial charge in [-0.05, 0) is 25.7 Å². The Labute approximate surface area is 181 Å². The molecule has 0 saturated heterocycles. The van der Waals surface area contributed by atoms with Crippen molar-refractivity contribution in [3.63, 3.8) is 0 Å². The van der Waals surface area contributed by atoms with E-state index in [-0.39, 0.29) is 11.8 Å². The van der Waals surface area contributed by atoms with Gasteiger partial charge in [0.2, 0.25) is 11.8 Å². The highest BCUT2D eigenvalue weighted by Gasteiger charge is 2.36. The summed E-state index contributed by atoms with van der Waals surface area (Å²) in [5.41, 5.74) is -0.594. The fourth-order valence-corrected chi connectivity index (χ4v) is 3.70. The number of unbranched alkanes of at least 4 members (excludes halogenated alkanes) is 9. The molecule has 0 aromatic heterocycles. The molecule has 0 heterocycles. The summed E-state index contributed by atoms with van der Waals surface area (Å²) in [5.74, 6) is 0.199. The Morgan fingerprint density at radius 1 is 0.724 bits per heavy atom. The molecule has 0 aromatic rings. The maximum absolute atomic E-state index is 13.4. The lowest BCUT2D eigenvalue weighted by atomic mass is 9.81. The number of rotatable bonds is 19. The van der Waals surface area contributed by atoms with Gasteiger partial charge in [-0.2, -0.15) is 0 Å². The Morgan fingerprint density at radius 2 is 1.21 bits per heavy atom. The van der Waals surface area contributed by atoms with Crippen LogP contribution in [0.1, 0.15) is 125 Å². The zero-order chi connectivity index (χ0) is 22.0. The monoisotopic (exact) mass is 410 g/mol. The second-order valence-electron chi connectivity index (χ2n) is 8.92. The van der Waals surface area contributed by atoms with Gasteiger partial charge in [0.25, 0.3) is 0 Å². The van der Waals surface area contributed by atoms with Crippen LogP contribution in [0, 0.1) is 5.41 Å². The van der Waals surface area contributed by atoms with Gasteiger partial charge in [0, 0.05) is 26.1 Å². The molecule has 0 rings (SSSR count). The molecule has 1 unspecified atom stereocenters. The first-order valence-corrected chi connectivity index (χ1v) is 12.5. The zero-order valence-corrected chi connectivity index (χ0v) is 20.3. The van der Waals surface area contributed by atoms with Gasteiger partial charge in [0.1, 0.15) is 0 Å². The van der Waals surface area contributed by atoms with E-state index in [9.17, 15) is 9.59 Å². The van der Waals surface area contributed by atoms with Crippen molar-refractivity contribution in [2.45, 2.75) is 125 Å². The Kier molecular flexibility index (Phi) is 17.1. The summed E-state index contributed by atoms with van der Waals surface area (Å²) in [6, 6.07) is 0. The third-order valence-electron chi connectivity index (χ3n) is 6.05. The number of nitrogens with one attached hydrogen (secondary N) is 1. The minimum absolute atomic E-state index is 0.0242. The highest BCUT2D eigenvalue weighted by Crippen LogP contribution is 2.29. The van der Waals surface area contributed by atoms with Gasteiger partial charge in [-0.1, -0.05) is 92.4 Å². The number of amides is 2. The first-order chi connectivity index (χ1) is 13.9. The van der Waals surface area contributed by atoms with Crippen LogP contribution in [0.2, 0.25) is 0 Å². The van der Waals surface area contributed by atoms with Crippen LogP contribution in [-0.4, -0.2) is 36.3 Å². The molecule has 0 aliphatic carbocycles. The normalized spacial score (nSPS) is 13.1. The van der Waals surface area contributed by atoms with E-state index in [1.165, 1.54) is 51.4 Å². The van der Waals surface area contributed by atoms with E-state index in [4.69, 9.17) is 0 Å². The van der Waals surface area contributed by atoms with Crippen LogP contribution in [0.5, 0.6) is 0 Å². The minimum atomic E-state index is -0.594. The summed E-state index contributed by atoms with van der Waals surface area (Å²) >= 11 is 0. The van der Waals surface area contributed by atoms with Gasteiger partial charge in [-0.25, -0.2) is 0 Å². The van der Waals surface area contributed by atoms with Gasteiger partial charge in [-0.3, -0.25) is 9.59 Å². The minimum Gasteiger partial charge on any atom is -0.356 e. The SMILES string of the molecule is CCCCCCNC(=O)CC(C)(CC)C(=O)N(CCCCCC)CCCCCC. The van der Waals surface area contributed by atoms with Crippen LogP contribution in [0.3, 0.4) is 0 Å². The molecule has 0 bridgehead atoms. The number of nitrogens with zero attached hydrogens (tertiary/aromatic N) is 1. The Morgan fingerprint density at radius 3 is 1.66 bits per heavy atom. The van der Waals surface area contributed by atoms with E-state index >= 15 is 0 Å². The molecule has 0 spiro atoms. The third kappa shape index (κ3) is 13.0. The Balaban J connectivity index is 4.78. The molecule has 2 amide bonds. The lowest BCUT2D eigenvalue weighted by Gasteiger charge is -2.34. The van der Waals surface area contributed by atoms with Crippen LogP contribution in [-0.2, 0) is 9.59 Å². The maximum Gasteiger partial charge on any atom is 0.229 e. The fraction of sp³-hybridized carbons (Fsp3) is 0.920. The van der Waals surface area contributed by atoms with Crippen molar-refractivity contribution >= 4 is 11.8 Å². The van der Waals surface area contributed by atoms with Crippen molar-refractivity contribution in [3.05, 3.63) is 0 Å². The summed E-state index contributed by atoms with van der Waals surface area (Å²) in [5, 5.41) is 3.04. The lowest BCUT2D eigenvalue weighted by molar-refractivity contribution is -0.145. The van der Waals surface area contributed by atoms with Crippen LogP contribution in [0.25, 0.3) is 0 Å². The average molecular weight is 411 g/mol. The molecule has 0 aromatic carbocycles. The predicted molar refractivity (Wildman–Crippen MR) is 125 cm³/mol. The fourth-order valence-electron chi connectivity index (χ4n) is 3.70. The molecular formula is C25H50N2O2. The summed E-state index contributed by atoms with van der Waals surface area (Å²) in [6.45, 7) is 13.0. The summed E-state index contributed by atoms with van der Waals surface area (Å²) < 4.78 is 0. The third-order valence-corrected chi connectivity index (χ3v) is 6.05. The van der Waals surface area contributed by atoms with Crippen LogP contribution in [0.15, 0.2) is 0 Å². The molecule has 0 fully saturated rings. The van der Waals surface area contributed by atoms with Gasteiger partial charge in [0.15, 0.2) is 0 Å². The first-order valence-electron chi connectivity index (χ1n) is 12.5. The van der Waals surface area contributed by atoms with Crippen molar-refractivity contribution < 1.29 is 9.59 Å². The predicted octanol–water partition coefficient (Wildman–Crippen LogP) is 6.48. The van der Waals surface area contributed by atoms with E-state index in [2.05, 4.69) is 31.0 Å². The molecule has 0 aliphatic rings. The second kappa shape index (κ2) is 17.8. The van der Waals surface area contributed by atoms with Gasteiger partial charge in [0.05, 0.1) is 5.41 Å². The van der Waals surface area contributed by atoms with E-state index in [1.807, 2.05) is 13.8 Å². The zero-order valence-electron chi connectivity index (χ0n) is 20.3. The largest absolute Gasteiger partial charge is 0.356 e. The molecule has 0 aliphatic heterocycles. The molecule has 0 radical (unpaired) electrons. The quantitative estimate of drug-likeness (QED) is 0.248. The maximum atomic E-state index is 13.4. The van der Waals surface area contributed by atoms with Crippen LogP contribution >= 0.6 is 0 Å². The van der Waals surface area contributed by atoms with Gasteiger partial charge < -0.3 is 10.2 Å². The van der Waals surface area contributed by atoms with Crippen molar-refractivity contribution in [3.8, 4) is 0 Å². The van der Waals surface area contributed by atoms with Gasteiger partial charge >= 0.3 is 0 Å². The topological polar surface area (TPSA) is 49.4 Å².